The minimum absolute atomic E-state index is 0.0832. The number of hydrogen-bond donors (Lipinski definition) is 2. The van der Waals surface area contributed by atoms with E-state index in [-0.39, 0.29) is 11.5 Å². The van der Waals surface area contributed by atoms with E-state index in [4.69, 9.17) is 10.5 Å². The molecule has 122 valence electrons. The molecule has 22 heavy (non-hydrogen) atoms. The van der Waals surface area contributed by atoms with Crippen LogP contribution in [0.3, 0.4) is 0 Å². The summed E-state index contributed by atoms with van der Waals surface area (Å²) in [6, 6.07) is 1.64. The van der Waals surface area contributed by atoms with Crippen molar-refractivity contribution in [3.63, 3.8) is 0 Å². The number of amides is 1. The van der Waals surface area contributed by atoms with E-state index in [1.807, 2.05) is 0 Å². The van der Waals surface area contributed by atoms with Crippen molar-refractivity contribution in [1.29, 1.82) is 0 Å². The standard InChI is InChI=1S/C14H22N4O4/c1-9-8-10(17-12(15)11(9)18(20)21)6-5-7-16-13(19)22-14(2,3)4/h8H,5-7H2,1-4H3,(H2,15,17)(H,16,19). The van der Waals surface area contributed by atoms with Gasteiger partial charge in [0.25, 0.3) is 0 Å². The number of pyridine rings is 1. The number of ether oxygens (including phenoxy) is 1. The zero-order valence-corrected chi connectivity index (χ0v) is 13.3. The number of aromatic nitrogens is 1. The van der Waals surface area contributed by atoms with Gasteiger partial charge in [0.1, 0.15) is 5.60 Å². The van der Waals surface area contributed by atoms with Crippen LogP contribution in [-0.4, -0.2) is 28.1 Å². The van der Waals surface area contributed by atoms with Gasteiger partial charge in [-0.25, -0.2) is 9.78 Å². The van der Waals surface area contributed by atoms with Gasteiger partial charge in [0.15, 0.2) is 0 Å². The zero-order chi connectivity index (χ0) is 16.9. The third-order valence-corrected chi connectivity index (χ3v) is 2.72. The van der Waals surface area contributed by atoms with Crippen LogP contribution in [0.15, 0.2) is 6.07 Å². The van der Waals surface area contributed by atoms with Crippen LogP contribution >= 0.6 is 0 Å². The number of nitrogens with zero attached hydrogens (tertiary/aromatic N) is 2. The lowest BCUT2D eigenvalue weighted by Gasteiger charge is -2.19. The molecule has 0 aliphatic carbocycles. The minimum atomic E-state index is -0.536. The SMILES string of the molecule is Cc1cc(CCCNC(=O)OC(C)(C)C)nc(N)c1[N+](=O)[O-]. The molecule has 0 unspecified atom stereocenters. The van der Waals surface area contributed by atoms with Gasteiger partial charge in [0.05, 0.1) is 4.92 Å². The molecule has 3 N–H and O–H groups in total. The van der Waals surface area contributed by atoms with E-state index in [0.717, 1.165) is 0 Å². The third-order valence-electron chi connectivity index (χ3n) is 2.72. The summed E-state index contributed by atoms with van der Waals surface area (Å²) in [7, 11) is 0. The zero-order valence-electron chi connectivity index (χ0n) is 13.3. The van der Waals surface area contributed by atoms with Gasteiger partial charge < -0.3 is 15.8 Å². The van der Waals surface area contributed by atoms with Crippen LogP contribution < -0.4 is 11.1 Å². The van der Waals surface area contributed by atoms with E-state index in [9.17, 15) is 14.9 Å². The summed E-state index contributed by atoms with van der Waals surface area (Å²) in [6.45, 7) is 7.42. The first-order valence-electron chi connectivity index (χ1n) is 6.97. The minimum Gasteiger partial charge on any atom is -0.444 e. The van der Waals surface area contributed by atoms with Crippen molar-refractivity contribution in [1.82, 2.24) is 10.3 Å². The Morgan fingerprint density at radius 1 is 1.50 bits per heavy atom. The predicted octanol–water partition coefficient (Wildman–Crippen LogP) is 2.34. The van der Waals surface area contributed by atoms with Crippen LogP contribution in [0.25, 0.3) is 0 Å². The van der Waals surface area contributed by atoms with Gasteiger partial charge in [0, 0.05) is 17.8 Å². The van der Waals surface area contributed by atoms with Crippen LogP contribution in [0.5, 0.6) is 0 Å². The van der Waals surface area contributed by atoms with Crippen LogP contribution in [0.1, 0.15) is 38.4 Å². The van der Waals surface area contributed by atoms with Gasteiger partial charge in [-0.2, -0.15) is 0 Å². The highest BCUT2D eigenvalue weighted by Crippen LogP contribution is 2.24. The molecule has 0 aromatic carbocycles. The van der Waals surface area contributed by atoms with Crippen molar-refractivity contribution in [2.24, 2.45) is 0 Å². The number of aryl methyl sites for hydroxylation is 2. The fourth-order valence-electron chi connectivity index (χ4n) is 1.90. The largest absolute Gasteiger partial charge is 0.444 e. The molecule has 0 aliphatic rings. The van der Waals surface area contributed by atoms with Crippen LogP contribution in [0.4, 0.5) is 16.3 Å². The van der Waals surface area contributed by atoms with Crippen molar-refractivity contribution in [2.45, 2.75) is 46.1 Å². The van der Waals surface area contributed by atoms with E-state index in [2.05, 4.69) is 10.3 Å². The summed E-state index contributed by atoms with van der Waals surface area (Å²) in [4.78, 5) is 25.8. The van der Waals surface area contributed by atoms with E-state index in [1.54, 1.807) is 33.8 Å². The highest BCUT2D eigenvalue weighted by molar-refractivity contribution is 5.67. The average Bonchev–Trinajstić information content (AvgIpc) is 2.31. The number of alkyl carbamates (subject to hydrolysis) is 1. The number of nitrogens with one attached hydrogen (secondary N) is 1. The lowest BCUT2D eigenvalue weighted by Crippen LogP contribution is -2.33. The topological polar surface area (TPSA) is 120 Å². The second-order valence-corrected chi connectivity index (χ2v) is 5.95. The monoisotopic (exact) mass is 310 g/mol. The van der Waals surface area contributed by atoms with Crippen LogP contribution in [0, 0.1) is 17.0 Å². The quantitative estimate of drug-likeness (QED) is 0.489. The summed E-state index contributed by atoms with van der Waals surface area (Å²) in [5.74, 6) is -0.0832. The van der Waals surface area contributed by atoms with Gasteiger partial charge in [-0.1, -0.05) is 0 Å². The number of rotatable bonds is 5. The normalized spacial score (nSPS) is 11.1. The van der Waals surface area contributed by atoms with Crippen molar-refractivity contribution < 1.29 is 14.5 Å². The van der Waals surface area contributed by atoms with E-state index in [1.165, 1.54) is 0 Å². The fraction of sp³-hybridized carbons (Fsp3) is 0.571. The highest BCUT2D eigenvalue weighted by Gasteiger charge is 2.18. The molecular formula is C14H22N4O4. The Balaban J connectivity index is 2.50. The number of anilines is 1. The van der Waals surface area contributed by atoms with E-state index in [0.29, 0.717) is 30.6 Å². The molecule has 1 aromatic heterocycles. The maximum absolute atomic E-state index is 11.5. The molecule has 1 rings (SSSR count). The second-order valence-electron chi connectivity index (χ2n) is 5.95. The smallest absolute Gasteiger partial charge is 0.407 e. The molecule has 1 amide bonds. The Morgan fingerprint density at radius 3 is 2.64 bits per heavy atom. The fourth-order valence-corrected chi connectivity index (χ4v) is 1.90. The first kappa shape index (κ1) is 17.7. The molecule has 0 spiro atoms. The number of carbonyl (C=O) groups is 1. The van der Waals surface area contributed by atoms with Crippen molar-refractivity contribution >= 4 is 17.6 Å². The molecule has 0 bridgehead atoms. The predicted molar refractivity (Wildman–Crippen MR) is 82.6 cm³/mol. The Hall–Kier alpha value is -2.38. The third kappa shape index (κ3) is 5.55. The molecule has 0 saturated carbocycles. The van der Waals surface area contributed by atoms with E-state index < -0.39 is 16.6 Å². The highest BCUT2D eigenvalue weighted by atomic mass is 16.6. The molecule has 0 radical (unpaired) electrons. The van der Waals surface area contributed by atoms with Crippen molar-refractivity contribution in [2.75, 3.05) is 12.3 Å². The lowest BCUT2D eigenvalue weighted by molar-refractivity contribution is -0.384. The summed E-state index contributed by atoms with van der Waals surface area (Å²) < 4.78 is 5.11. The molecule has 0 atom stereocenters. The Morgan fingerprint density at radius 2 is 2.14 bits per heavy atom. The maximum Gasteiger partial charge on any atom is 0.407 e. The summed E-state index contributed by atoms with van der Waals surface area (Å²) in [5, 5.41) is 13.5. The molecule has 8 heteroatoms. The molecule has 1 aromatic rings. The van der Waals surface area contributed by atoms with Gasteiger partial charge in [0.2, 0.25) is 5.82 Å². The summed E-state index contributed by atoms with van der Waals surface area (Å²) in [6.07, 6.45) is 0.710. The molecule has 0 saturated heterocycles. The van der Waals surface area contributed by atoms with Crippen LogP contribution in [-0.2, 0) is 11.2 Å². The molecule has 1 heterocycles. The van der Waals surface area contributed by atoms with Gasteiger partial charge in [-0.15, -0.1) is 0 Å². The molecule has 0 fully saturated rings. The summed E-state index contributed by atoms with van der Waals surface area (Å²) in [5.41, 5.74) is 6.05. The van der Waals surface area contributed by atoms with Gasteiger partial charge in [-0.05, 0) is 46.6 Å². The summed E-state index contributed by atoms with van der Waals surface area (Å²) >= 11 is 0. The Bertz CT molecular complexity index is 543. The Labute approximate surface area is 129 Å². The van der Waals surface area contributed by atoms with E-state index >= 15 is 0 Å². The second kappa shape index (κ2) is 7.06. The number of carbonyl (C=O) groups excluding carboxylic acids is 1. The maximum atomic E-state index is 11.5. The van der Waals surface area contributed by atoms with Crippen molar-refractivity contribution in [3.8, 4) is 0 Å². The lowest BCUT2D eigenvalue weighted by atomic mass is 10.1. The first-order valence-corrected chi connectivity index (χ1v) is 6.97. The van der Waals surface area contributed by atoms with Crippen molar-refractivity contribution in [3.05, 3.63) is 27.4 Å². The molecular weight excluding hydrogens is 288 g/mol. The number of hydrogen-bond acceptors (Lipinski definition) is 6. The van der Waals surface area contributed by atoms with Gasteiger partial charge in [-0.3, -0.25) is 10.1 Å². The molecule has 8 nitrogen and oxygen atoms in total. The van der Waals surface area contributed by atoms with Gasteiger partial charge >= 0.3 is 11.8 Å². The molecule has 0 aliphatic heterocycles. The Kier molecular flexibility index (Phi) is 5.67. The number of nitrogens with two attached hydrogens (primary N) is 1. The average molecular weight is 310 g/mol. The number of nitrogen functional groups attached to an aromatic ring is 1. The first-order chi connectivity index (χ1) is 10.1. The number of nitro groups is 1. The van der Waals surface area contributed by atoms with Crippen LogP contribution in [0.2, 0.25) is 0 Å².